The molecule has 16 heavy (non-hydrogen) atoms. The minimum atomic E-state index is -1.13. The fourth-order valence-corrected chi connectivity index (χ4v) is 2.77. The number of aliphatic carboxylic acids is 1. The van der Waals surface area contributed by atoms with Gasteiger partial charge in [-0.15, -0.1) is 11.3 Å². The SMILES string of the molecule is O=C(O)CC(=O)Nc1nc2c(s1)CCCC2. The Bertz CT molecular complexity index is 404. The number of carbonyl (C=O) groups excluding carboxylic acids is 1. The second-order valence-electron chi connectivity index (χ2n) is 3.71. The first-order valence-corrected chi connectivity index (χ1v) is 5.97. The van der Waals surface area contributed by atoms with Crippen LogP contribution < -0.4 is 5.32 Å². The van der Waals surface area contributed by atoms with E-state index < -0.39 is 18.3 Å². The average molecular weight is 240 g/mol. The van der Waals surface area contributed by atoms with Crippen molar-refractivity contribution in [3.8, 4) is 0 Å². The highest BCUT2D eigenvalue weighted by Gasteiger charge is 2.16. The predicted octanol–water partition coefficient (Wildman–Crippen LogP) is 1.44. The van der Waals surface area contributed by atoms with E-state index in [9.17, 15) is 9.59 Å². The number of thiazole rings is 1. The van der Waals surface area contributed by atoms with Crippen molar-refractivity contribution in [3.05, 3.63) is 10.6 Å². The molecular formula is C10H12N2O3S. The molecular weight excluding hydrogens is 228 g/mol. The molecule has 1 aliphatic carbocycles. The Labute approximate surface area is 96.5 Å². The number of fused-ring (bicyclic) bond motifs is 1. The molecule has 0 aliphatic heterocycles. The number of hydrogen-bond acceptors (Lipinski definition) is 4. The second-order valence-corrected chi connectivity index (χ2v) is 4.80. The lowest BCUT2D eigenvalue weighted by molar-refractivity contribution is -0.139. The molecule has 2 rings (SSSR count). The maximum absolute atomic E-state index is 11.2. The van der Waals surface area contributed by atoms with Crippen LogP contribution in [0.5, 0.6) is 0 Å². The van der Waals surface area contributed by atoms with Gasteiger partial charge in [0, 0.05) is 4.88 Å². The van der Waals surface area contributed by atoms with Crippen LogP contribution in [-0.4, -0.2) is 22.0 Å². The van der Waals surface area contributed by atoms with E-state index in [1.54, 1.807) is 0 Å². The number of rotatable bonds is 3. The summed E-state index contributed by atoms with van der Waals surface area (Å²) in [5.74, 6) is -1.64. The molecule has 0 saturated carbocycles. The number of carboxylic acids is 1. The summed E-state index contributed by atoms with van der Waals surface area (Å²) in [5, 5.41) is 11.5. The third-order valence-corrected chi connectivity index (χ3v) is 3.48. The van der Waals surface area contributed by atoms with Crippen molar-refractivity contribution in [1.29, 1.82) is 0 Å². The Kier molecular flexibility index (Phi) is 3.19. The molecule has 0 bridgehead atoms. The van der Waals surface area contributed by atoms with Crippen molar-refractivity contribution in [2.75, 3.05) is 5.32 Å². The predicted molar refractivity (Wildman–Crippen MR) is 59.6 cm³/mol. The van der Waals surface area contributed by atoms with Gasteiger partial charge in [0.1, 0.15) is 6.42 Å². The van der Waals surface area contributed by atoms with Crippen LogP contribution in [0.3, 0.4) is 0 Å². The minimum Gasteiger partial charge on any atom is -0.481 e. The van der Waals surface area contributed by atoms with Crippen molar-refractivity contribution < 1.29 is 14.7 Å². The number of carboxylic acid groups (broad SMARTS) is 1. The molecule has 0 unspecified atom stereocenters. The normalized spacial score (nSPS) is 14.2. The van der Waals surface area contributed by atoms with Crippen LogP contribution in [0.25, 0.3) is 0 Å². The summed E-state index contributed by atoms with van der Waals surface area (Å²) in [6, 6.07) is 0. The van der Waals surface area contributed by atoms with Crippen LogP contribution in [0.1, 0.15) is 29.8 Å². The smallest absolute Gasteiger partial charge is 0.312 e. The van der Waals surface area contributed by atoms with Crippen molar-refractivity contribution in [3.63, 3.8) is 0 Å². The van der Waals surface area contributed by atoms with Gasteiger partial charge in [0.05, 0.1) is 5.69 Å². The van der Waals surface area contributed by atoms with Crippen molar-refractivity contribution in [1.82, 2.24) is 4.98 Å². The minimum absolute atomic E-state index is 0.510. The Morgan fingerprint density at radius 2 is 2.12 bits per heavy atom. The van der Waals surface area contributed by atoms with Gasteiger partial charge in [-0.3, -0.25) is 9.59 Å². The summed E-state index contributed by atoms with van der Waals surface area (Å²) in [5.41, 5.74) is 1.06. The topological polar surface area (TPSA) is 79.3 Å². The molecule has 6 heteroatoms. The van der Waals surface area contributed by atoms with Crippen LogP contribution in [0.15, 0.2) is 0 Å². The molecule has 1 aromatic rings. The van der Waals surface area contributed by atoms with Gasteiger partial charge in [0.25, 0.3) is 0 Å². The van der Waals surface area contributed by atoms with Crippen molar-refractivity contribution >= 4 is 28.3 Å². The number of aryl methyl sites for hydroxylation is 2. The summed E-state index contributed by atoms with van der Waals surface area (Å²) >= 11 is 1.45. The highest BCUT2D eigenvalue weighted by Crippen LogP contribution is 2.29. The van der Waals surface area contributed by atoms with E-state index in [1.165, 1.54) is 16.2 Å². The van der Waals surface area contributed by atoms with Crippen LogP contribution in [0.4, 0.5) is 5.13 Å². The zero-order valence-corrected chi connectivity index (χ0v) is 9.47. The summed E-state index contributed by atoms with van der Waals surface area (Å²) in [6.07, 6.45) is 3.77. The van der Waals surface area contributed by atoms with Crippen molar-refractivity contribution in [2.24, 2.45) is 0 Å². The number of amides is 1. The van der Waals surface area contributed by atoms with Crippen LogP contribution in [0.2, 0.25) is 0 Å². The third kappa shape index (κ3) is 2.57. The van der Waals surface area contributed by atoms with Gasteiger partial charge in [-0.05, 0) is 25.7 Å². The zero-order chi connectivity index (χ0) is 11.5. The lowest BCUT2D eigenvalue weighted by Gasteiger charge is -2.06. The summed E-state index contributed by atoms with van der Waals surface area (Å²) < 4.78 is 0. The van der Waals surface area contributed by atoms with E-state index in [-0.39, 0.29) is 0 Å². The molecule has 1 aromatic heterocycles. The number of nitrogens with zero attached hydrogens (tertiary/aromatic N) is 1. The third-order valence-electron chi connectivity index (χ3n) is 2.40. The molecule has 0 radical (unpaired) electrons. The van der Waals surface area contributed by atoms with E-state index >= 15 is 0 Å². The first-order valence-electron chi connectivity index (χ1n) is 5.15. The molecule has 1 aliphatic rings. The fraction of sp³-hybridized carbons (Fsp3) is 0.500. The molecule has 5 nitrogen and oxygen atoms in total. The van der Waals surface area contributed by atoms with E-state index in [2.05, 4.69) is 10.3 Å². The largest absolute Gasteiger partial charge is 0.481 e. The Hall–Kier alpha value is -1.43. The maximum atomic E-state index is 11.2. The summed E-state index contributed by atoms with van der Waals surface area (Å²) in [4.78, 5) is 27.0. The number of anilines is 1. The second kappa shape index (κ2) is 4.61. The van der Waals surface area contributed by atoms with Gasteiger partial charge in [0.2, 0.25) is 5.91 Å². The highest BCUT2D eigenvalue weighted by atomic mass is 32.1. The monoisotopic (exact) mass is 240 g/mol. The van der Waals surface area contributed by atoms with Gasteiger partial charge < -0.3 is 10.4 Å². The van der Waals surface area contributed by atoms with Crippen LogP contribution in [0, 0.1) is 0 Å². The quantitative estimate of drug-likeness (QED) is 0.783. The van der Waals surface area contributed by atoms with Gasteiger partial charge in [-0.25, -0.2) is 4.98 Å². The van der Waals surface area contributed by atoms with Crippen LogP contribution >= 0.6 is 11.3 Å². The molecule has 2 N–H and O–H groups in total. The first-order chi connectivity index (χ1) is 7.65. The highest BCUT2D eigenvalue weighted by molar-refractivity contribution is 7.15. The average Bonchev–Trinajstić information content (AvgIpc) is 2.57. The number of carbonyl (C=O) groups is 2. The molecule has 0 atom stereocenters. The molecule has 0 spiro atoms. The van der Waals surface area contributed by atoms with Gasteiger partial charge in [0.15, 0.2) is 5.13 Å². The Morgan fingerprint density at radius 1 is 1.38 bits per heavy atom. The standard InChI is InChI=1S/C10H12N2O3S/c13-8(5-9(14)15)12-10-11-6-3-1-2-4-7(6)16-10/h1-5H2,(H,14,15)(H,11,12,13). The first kappa shape index (κ1) is 11.1. The lowest BCUT2D eigenvalue weighted by Crippen LogP contribution is -2.15. The molecule has 0 aromatic carbocycles. The summed E-state index contributed by atoms with van der Waals surface area (Å²) in [7, 11) is 0. The number of hydrogen-bond donors (Lipinski definition) is 2. The fourth-order valence-electron chi connectivity index (χ4n) is 1.71. The van der Waals surface area contributed by atoms with E-state index in [0.29, 0.717) is 5.13 Å². The van der Waals surface area contributed by atoms with Gasteiger partial charge in [-0.1, -0.05) is 0 Å². The Morgan fingerprint density at radius 3 is 2.81 bits per heavy atom. The molecule has 86 valence electrons. The molecule has 0 fully saturated rings. The van der Waals surface area contributed by atoms with Gasteiger partial charge >= 0.3 is 5.97 Å². The maximum Gasteiger partial charge on any atom is 0.312 e. The number of nitrogens with one attached hydrogen (secondary N) is 1. The molecule has 1 heterocycles. The zero-order valence-electron chi connectivity index (χ0n) is 8.65. The van der Waals surface area contributed by atoms with E-state index in [4.69, 9.17) is 5.11 Å². The number of aromatic nitrogens is 1. The van der Waals surface area contributed by atoms with Gasteiger partial charge in [-0.2, -0.15) is 0 Å². The Balaban J connectivity index is 2.02. The lowest BCUT2D eigenvalue weighted by atomic mass is 10.0. The summed E-state index contributed by atoms with van der Waals surface area (Å²) in [6.45, 7) is 0. The van der Waals surface area contributed by atoms with Crippen LogP contribution in [-0.2, 0) is 22.4 Å². The molecule has 0 saturated heterocycles. The van der Waals surface area contributed by atoms with E-state index in [0.717, 1.165) is 31.4 Å². The van der Waals surface area contributed by atoms with Crippen molar-refractivity contribution in [2.45, 2.75) is 32.1 Å². The van der Waals surface area contributed by atoms with E-state index in [1.807, 2.05) is 0 Å². The molecule has 1 amide bonds.